The van der Waals surface area contributed by atoms with Crippen LogP contribution in [0.2, 0.25) is 0 Å². The molecule has 3 heteroatoms. The van der Waals surface area contributed by atoms with Crippen molar-refractivity contribution >= 4 is 23.7 Å². The summed E-state index contributed by atoms with van der Waals surface area (Å²) in [7, 11) is 0. The average molecular weight is 291 g/mol. The molecule has 2 aromatic carbocycles. The molecule has 2 aliphatic heterocycles. The van der Waals surface area contributed by atoms with Crippen LogP contribution < -0.4 is 15.2 Å². The van der Waals surface area contributed by atoms with Crippen molar-refractivity contribution in [2.24, 2.45) is 4.99 Å². The van der Waals surface area contributed by atoms with Crippen LogP contribution in [0, 0.1) is 0 Å². The van der Waals surface area contributed by atoms with Gasteiger partial charge in [0.1, 0.15) is 11.5 Å². The molecule has 110 valence electrons. The Morgan fingerprint density at radius 2 is 2.00 bits per heavy atom. The van der Waals surface area contributed by atoms with E-state index in [9.17, 15) is 5.11 Å². The Balaban J connectivity index is 2.05. The number of aliphatic hydroxyl groups excluding tert-OH is 1. The molecule has 2 aliphatic rings. The van der Waals surface area contributed by atoms with Gasteiger partial charge in [-0.3, -0.25) is 4.99 Å². The number of benzene rings is 2. The maximum atomic E-state index is 9.18. The van der Waals surface area contributed by atoms with Crippen LogP contribution in [0.15, 0.2) is 41.4 Å². The van der Waals surface area contributed by atoms with Gasteiger partial charge < -0.3 is 9.84 Å². The maximum Gasteiger partial charge on any atom is 0.134 e. The number of nitrogens with zero attached hydrogens (tertiary/aromatic N) is 1. The third-order valence-corrected chi connectivity index (χ3v) is 4.13. The molecule has 2 heterocycles. The first kappa shape index (κ1) is 13.3. The highest BCUT2D eigenvalue weighted by molar-refractivity contribution is 5.81. The second-order valence-electron chi connectivity index (χ2n) is 5.52. The molecule has 22 heavy (non-hydrogen) atoms. The van der Waals surface area contributed by atoms with E-state index in [2.05, 4.69) is 29.3 Å². The summed E-state index contributed by atoms with van der Waals surface area (Å²) in [6.45, 7) is 0.167. The van der Waals surface area contributed by atoms with E-state index in [-0.39, 0.29) is 6.61 Å². The molecule has 0 saturated heterocycles. The number of aliphatic hydroxyl groups is 1. The number of ether oxygens (including phenoxy) is 1. The quantitative estimate of drug-likeness (QED) is 0.944. The Kier molecular flexibility index (Phi) is 3.28. The summed E-state index contributed by atoms with van der Waals surface area (Å²) in [5.41, 5.74) is 3.31. The van der Waals surface area contributed by atoms with Gasteiger partial charge in [-0.25, -0.2) is 0 Å². The molecule has 0 radical (unpaired) electrons. The molecule has 0 fully saturated rings. The van der Waals surface area contributed by atoms with E-state index in [1.807, 2.05) is 24.4 Å². The minimum Gasteiger partial charge on any atom is -0.460 e. The fraction of sp³-hybridized carbons (Fsp3) is 0.211. The smallest absolute Gasteiger partial charge is 0.134 e. The predicted octanol–water partition coefficient (Wildman–Crippen LogP) is 2.51. The van der Waals surface area contributed by atoms with Crippen molar-refractivity contribution in [1.82, 2.24) is 0 Å². The van der Waals surface area contributed by atoms with Crippen LogP contribution in [0.1, 0.15) is 19.3 Å². The summed E-state index contributed by atoms with van der Waals surface area (Å²) in [6.07, 6.45) is 6.41. The van der Waals surface area contributed by atoms with Gasteiger partial charge in [0.25, 0.3) is 0 Å². The Morgan fingerprint density at radius 1 is 1.09 bits per heavy atom. The Hall–Kier alpha value is -2.39. The fourth-order valence-corrected chi connectivity index (χ4v) is 3.15. The number of fused-ring (bicyclic) bond motifs is 5. The van der Waals surface area contributed by atoms with E-state index in [0.717, 1.165) is 46.0 Å². The lowest BCUT2D eigenvalue weighted by atomic mass is 9.95. The van der Waals surface area contributed by atoms with Crippen molar-refractivity contribution in [2.75, 3.05) is 6.61 Å². The zero-order chi connectivity index (χ0) is 14.9. The van der Waals surface area contributed by atoms with Crippen molar-refractivity contribution in [2.45, 2.75) is 19.3 Å². The van der Waals surface area contributed by atoms with Gasteiger partial charge >= 0.3 is 0 Å². The predicted molar refractivity (Wildman–Crippen MR) is 88.7 cm³/mol. The highest BCUT2D eigenvalue weighted by Gasteiger charge is 2.19. The zero-order valence-electron chi connectivity index (χ0n) is 12.2. The van der Waals surface area contributed by atoms with Crippen molar-refractivity contribution in [3.05, 3.63) is 46.8 Å². The molecule has 1 N–H and O–H groups in total. The van der Waals surface area contributed by atoms with E-state index in [4.69, 9.17) is 4.74 Å². The molecule has 0 atom stereocenters. The summed E-state index contributed by atoms with van der Waals surface area (Å²) < 4.78 is 6.16. The van der Waals surface area contributed by atoms with Gasteiger partial charge in [-0.1, -0.05) is 30.3 Å². The molecule has 0 aliphatic carbocycles. The van der Waals surface area contributed by atoms with E-state index >= 15 is 0 Å². The first-order valence-electron chi connectivity index (χ1n) is 7.65. The minimum absolute atomic E-state index is 0.167. The van der Waals surface area contributed by atoms with E-state index in [1.165, 1.54) is 5.56 Å². The molecule has 0 spiro atoms. The third kappa shape index (κ3) is 2.06. The first-order chi connectivity index (χ1) is 10.9. The van der Waals surface area contributed by atoms with Gasteiger partial charge in [-0.15, -0.1) is 0 Å². The summed E-state index contributed by atoms with van der Waals surface area (Å²) in [5.74, 6) is 1.83. The molecule has 0 unspecified atom stereocenters. The van der Waals surface area contributed by atoms with Crippen LogP contribution in [0.5, 0.6) is 5.75 Å². The summed E-state index contributed by atoms with van der Waals surface area (Å²) >= 11 is 0. The largest absolute Gasteiger partial charge is 0.460 e. The van der Waals surface area contributed by atoms with Crippen LogP contribution in [-0.2, 0) is 0 Å². The number of aliphatic imine (C=N–C) groups is 1. The lowest BCUT2D eigenvalue weighted by Crippen LogP contribution is -2.34. The number of hydrogen-bond donors (Lipinski definition) is 1. The van der Waals surface area contributed by atoms with Crippen LogP contribution >= 0.6 is 0 Å². The molecule has 4 rings (SSSR count). The van der Waals surface area contributed by atoms with Gasteiger partial charge in [0, 0.05) is 41.7 Å². The van der Waals surface area contributed by atoms with E-state index in [0.29, 0.717) is 6.42 Å². The van der Waals surface area contributed by atoms with Crippen LogP contribution in [0.3, 0.4) is 0 Å². The fourth-order valence-electron chi connectivity index (χ4n) is 3.15. The molecular formula is C19H17NO2. The normalized spacial score (nSPS) is 14.5. The second-order valence-corrected chi connectivity index (χ2v) is 5.52. The molecular weight excluding hydrogens is 274 g/mol. The van der Waals surface area contributed by atoms with Crippen molar-refractivity contribution in [1.29, 1.82) is 0 Å². The molecule has 0 bridgehead atoms. The molecule has 0 amide bonds. The van der Waals surface area contributed by atoms with Gasteiger partial charge in [0.15, 0.2) is 0 Å². The van der Waals surface area contributed by atoms with Gasteiger partial charge in [0.2, 0.25) is 0 Å². The summed E-state index contributed by atoms with van der Waals surface area (Å²) in [4.78, 5) is 4.50. The van der Waals surface area contributed by atoms with Crippen molar-refractivity contribution < 1.29 is 9.84 Å². The molecule has 0 saturated carbocycles. The Labute approximate surface area is 128 Å². The number of hydrogen-bond acceptors (Lipinski definition) is 3. The van der Waals surface area contributed by atoms with Crippen molar-refractivity contribution in [3.63, 3.8) is 0 Å². The molecule has 3 nitrogen and oxygen atoms in total. The zero-order valence-corrected chi connectivity index (χ0v) is 12.2. The second kappa shape index (κ2) is 5.43. The lowest BCUT2D eigenvalue weighted by Gasteiger charge is -2.21. The van der Waals surface area contributed by atoms with Gasteiger partial charge in [-0.05, 0) is 24.1 Å². The maximum absolute atomic E-state index is 9.18. The summed E-state index contributed by atoms with van der Waals surface area (Å²) in [5, 5.41) is 11.5. The van der Waals surface area contributed by atoms with Crippen LogP contribution in [-0.4, -0.2) is 17.9 Å². The number of para-hydroxylation sites is 1. The van der Waals surface area contributed by atoms with Crippen LogP contribution in [0.4, 0.5) is 5.69 Å². The van der Waals surface area contributed by atoms with Crippen molar-refractivity contribution in [3.8, 4) is 16.9 Å². The Bertz CT molecular complexity index is 881. The SMILES string of the molecule is OCCCC1=c2c(ccc3c2=CCC=N3)-c2ccccc2O1. The first-order valence-corrected chi connectivity index (χ1v) is 7.65. The standard InChI is InChI=1S/C19H17NO2/c21-12-4-8-18-19-14(13-5-1-2-7-17(13)22-18)9-10-16-15(19)6-3-11-20-16/h1-2,5-7,9-11,21H,3-4,8,12H2. The topological polar surface area (TPSA) is 41.8 Å². The number of rotatable bonds is 3. The van der Waals surface area contributed by atoms with Crippen LogP contribution in [0.25, 0.3) is 23.0 Å². The Morgan fingerprint density at radius 3 is 2.91 bits per heavy atom. The highest BCUT2D eigenvalue weighted by Crippen LogP contribution is 2.33. The average Bonchev–Trinajstić information content (AvgIpc) is 2.59. The monoisotopic (exact) mass is 291 g/mol. The third-order valence-electron chi connectivity index (χ3n) is 4.13. The molecule has 0 aromatic heterocycles. The summed E-state index contributed by atoms with van der Waals surface area (Å²) in [6, 6.07) is 12.3. The van der Waals surface area contributed by atoms with Gasteiger partial charge in [-0.2, -0.15) is 0 Å². The van der Waals surface area contributed by atoms with Gasteiger partial charge in [0.05, 0.1) is 5.69 Å². The minimum atomic E-state index is 0.167. The molecule has 2 aromatic rings. The highest BCUT2D eigenvalue weighted by atomic mass is 16.5. The van der Waals surface area contributed by atoms with E-state index in [1.54, 1.807) is 0 Å². The lowest BCUT2D eigenvalue weighted by molar-refractivity contribution is 0.286. The van der Waals surface area contributed by atoms with E-state index < -0.39 is 0 Å².